The molecule has 0 spiro atoms. The molecule has 0 radical (unpaired) electrons. The van der Waals surface area contributed by atoms with E-state index in [2.05, 4.69) is 25.2 Å². The Morgan fingerprint density at radius 3 is 2.19 bits per heavy atom. The van der Waals surface area contributed by atoms with Gasteiger partial charge in [0.2, 0.25) is 0 Å². The van der Waals surface area contributed by atoms with E-state index in [0.29, 0.717) is 23.3 Å². The first-order chi connectivity index (χ1) is 17.5. The molecule has 0 aliphatic heterocycles. The second-order valence-corrected chi connectivity index (χ2v) is 7.90. The van der Waals surface area contributed by atoms with Gasteiger partial charge in [-0.15, -0.1) is 18.3 Å². The fourth-order valence-electron chi connectivity index (χ4n) is 3.79. The first-order valence-electron chi connectivity index (χ1n) is 10.5. The van der Waals surface area contributed by atoms with Crippen molar-refractivity contribution in [2.45, 2.75) is 30.9 Å². The predicted octanol–water partition coefficient (Wildman–Crippen LogP) is 4.58. The number of ether oxygens (including phenoxy) is 1. The summed E-state index contributed by atoms with van der Waals surface area (Å²) in [6.07, 6.45) is -5.98. The molecule has 0 saturated heterocycles. The number of hydrogen-bond acceptors (Lipinski definition) is 6. The third-order valence-electron chi connectivity index (χ3n) is 5.43. The number of aliphatic hydroxyl groups is 1. The fourth-order valence-corrected chi connectivity index (χ4v) is 3.79. The van der Waals surface area contributed by atoms with Crippen molar-refractivity contribution < 1.29 is 40.6 Å². The molecule has 2 aromatic carbocycles. The molecule has 7 nitrogen and oxygen atoms in total. The summed E-state index contributed by atoms with van der Waals surface area (Å²) in [6.45, 7) is 0. The van der Waals surface area contributed by atoms with Gasteiger partial charge < -0.3 is 9.84 Å². The van der Waals surface area contributed by atoms with E-state index in [0.717, 1.165) is 29.2 Å². The Kier molecular flexibility index (Phi) is 7.12. The minimum absolute atomic E-state index is 0.170. The summed E-state index contributed by atoms with van der Waals surface area (Å²) in [5, 5.41) is 21.5. The van der Waals surface area contributed by atoms with E-state index in [1.165, 1.54) is 30.5 Å². The van der Waals surface area contributed by atoms with Gasteiger partial charge in [-0.3, -0.25) is 4.98 Å². The van der Waals surface area contributed by atoms with Gasteiger partial charge in [-0.25, -0.2) is 22.2 Å². The molecule has 37 heavy (non-hydrogen) atoms. The molecule has 0 saturated carbocycles. The summed E-state index contributed by atoms with van der Waals surface area (Å²) >= 11 is 0. The highest BCUT2D eigenvalue weighted by Gasteiger charge is 2.52. The van der Waals surface area contributed by atoms with Crippen LogP contribution in [0.2, 0.25) is 0 Å². The van der Waals surface area contributed by atoms with E-state index in [9.17, 15) is 35.8 Å². The van der Waals surface area contributed by atoms with Crippen LogP contribution in [0.5, 0.6) is 5.75 Å². The average Bonchev–Trinajstić information content (AvgIpc) is 3.34. The van der Waals surface area contributed by atoms with Crippen LogP contribution >= 0.6 is 0 Å². The fraction of sp³-hybridized carbons (Fsp3) is 0.217. The third kappa shape index (κ3) is 5.69. The van der Waals surface area contributed by atoms with Crippen molar-refractivity contribution in [3.63, 3.8) is 0 Å². The maximum atomic E-state index is 14.6. The van der Waals surface area contributed by atoms with E-state index >= 15 is 0 Å². The monoisotopic (exact) mass is 527 g/mol. The van der Waals surface area contributed by atoms with Crippen molar-refractivity contribution in [1.82, 2.24) is 25.2 Å². The second-order valence-electron chi connectivity index (χ2n) is 7.90. The van der Waals surface area contributed by atoms with Crippen molar-refractivity contribution >= 4 is 0 Å². The van der Waals surface area contributed by atoms with Crippen molar-refractivity contribution in [3.8, 4) is 5.75 Å². The van der Waals surface area contributed by atoms with Crippen LogP contribution in [0.4, 0.5) is 30.7 Å². The van der Waals surface area contributed by atoms with E-state index in [1.807, 2.05) is 0 Å². The number of benzene rings is 2. The first kappa shape index (κ1) is 26.0. The zero-order chi connectivity index (χ0) is 26.8. The van der Waals surface area contributed by atoms with E-state index < -0.39 is 47.4 Å². The molecule has 0 fully saturated rings. The summed E-state index contributed by atoms with van der Waals surface area (Å²) in [5.41, 5.74) is -3.18. The number of aromatic nitrogens is 5. The zero-order valence-electron chi connectivity index (χ0n) is 18.4. The Hall–Kier alpha value is -4.07. The molecule has 2 atom stereocenters. The molecule has 2 unspecified atom stereocenters. The molecule has 0 bridgehead atoms. The molecule has 14 heteroatoms. The molecule has 0 aliphatic rings. The molecule has 4 aromatic rings. The summed E-state index contributed by atoms with van der Waals surface area (Å²) in [7, 11) is 0. The summed E-state index contributed by atoms with van der Waals surface area (Å²) in [6, 6.07) is 7.83. The van der Waals surface area contributed by atoms with Gasteiger partial charge in [0, 0.05) is 17.8 Å². The summed E-state index contributed by atoms with van der Waals surface area (Å²) < 4.78 is 98.3. The van der Waals surface area contributed by atoms with Crippen LogP contribution in [-0.4, -0.2) is 43.1 Å². The third-order valence-corrected chi connectivity index (χ3v) is 5.43. The SMILES string of the molecule is OC(c1ccc(F)cc1F)(C(F)F)C(c1ccc(Cc2ccc(OC(F)(F)F)cc2)cn1)n1cnnn1. The Morgan fingerprint density at radius 2 is 1.65 bits per heavy atom. The maximum absolute atomic E-state index is 14.6. The average molecular weight is 527 g/mol. The topological polar surface area (TPSA) is 86.0 Å². The van der Waals surface area contributed by atoms with Crippen LogP contribution in [0.3, 0.4) is 0 Å². The van der Waals surface area contributed by atoms with Crippen molar-refractivity contribution in [2.75, 3.05) is 0 Å². The van der Waals surface area contributed by atoms with Gasteiger partial charge in [0.25, 0.3) is 6.43 Å². The Labute approximate surface area is 204 Å². The number of alkyl halides is 5. The molecular formula is C23H16F7N5O2. The van der Waals surface area contributed by atoms with Crippen molar-refractivity contribution in [3.05, 3.63) is 101 Å². The van der Waals surface area contributed by atoms with E-state index in [4.69, 9.17) is 0 Å². The van der Waals surface area contributed by atoms with Gasteiger partial charge in [-0.1, -0.05) is 18.2 Å². The number of halogens is 7. The minimum atomic E-state index is -4.82. The number of rotatable bonds is 8. The molecule has 4 rings (SSSR count). The molecule has 194 valence electrons. The minimum Gasteiger partial charge on any atom is -0.406 e. The van der Waals surface area contributed by atoms with Crippen LogP contribution in [0.25, 0.3) is 0 Å². The lowest BCUT2D eigenvalue weighted by atomic mass is 9.84. The van der Waals surface area contributed by atoms with Gasteiger partial charge in [0.1, 0.15) is 29.8 Å². The van der Waals surface area contributed by atoms with Gasteiger partial charge in [0.05, 0.1) is 5.69 Å². The number of tetrazole rings is 1. The first-order valence-corrected chi connectivity index (χ1v) is 10.5. The number of hydrogen-bond donors (Lipinski definition) is 1. The molecule has 0 aliphatic carbocycles. The van der Waals surface area contributed by atoms with Crippen molar-refractivity contribution in [1.29, 1.82) is 0 Å². The van der Waals surface area contributed by atoms with E-state index in [1.54, 1.807) is 0 Å². The summed E-state index contributed by atoms with van der Waals surface area (Å²) in [4.78, 5) is 4.14. The van der Waals surface area contributed by atoms with Crippen LogP contribution in [0, 0.1) is 11.6 Å². The van der Waals surface area contributed by atoms with Crippen LogP contribution < -0.4 is 4.74 Å². The smallest absolute Gasteiger partial charge is 0.406 e. The van der Waals surface area contributed by atoms with Crippen LogP contribution in [-0.2, 0) is 12.0 Å². The van der Waals surface area contributed by atoms with Crippen LogP contribution in [0.15, 0.2) is 67.1 Å². The molecule has 2 heterocycles. The zero-order valence-corrected chi connectivity index (χ0v) is 18.4. The van der Waals surface area contributed by atoms with Gasteiger partial charge in [0.15, 0.2) is 5.60 Å². The normalized spacial score (nSPS) is 14.4. The van der Waals surface area contributed by atoms with Gasteiger partial charge in [-0.05, 0) is 58.3 Å². The summed E-state index contributed by atoms with van der Waals surface area (Å²) in [5.74, 6) is -2.83. The lowest BCUT2D eigenvalue weighted by molar-refractivity contribution is -0.274. The Bertz CT molecular complexity index is 1330. The Morgan fingerprint density at radius 1 is 0.946 bits per heavy atom. The largest absolute Gasteiger partial charge is 0.573 e. The lowest BCUT2D eigenvalue weighted by Gasteiger charge is -2.35. The van der Waals surface area contributed by atoms with Gasteiger partial charge >= 0.3 is 6.36 Å². The predicted molar refractivity (Wildman–Crippen MR) is 112 cm³/mol. The highest BCUT2D eigenvalue weighted by molar-refractivity contribution is 5.34. The van der Waals surface area contributed by atoms with Gasteiger partial charge in [-0.2, -0.15) is 0 Å². The highest BCUT2D eigenvalue weighted by Crippen LogP contribution is 2.43. The lowest BCUT2D eigenvalue weighted by Crippen LogP contribution is -2.45. The molecule has 1 N–H and O–H groups in total. The van der Waals surface area contributed by atoms with Crippen LogP contribution in [0.1, 0.15) is 28.4 Å². The van der Waals surface area contributed by atoms with E-state index in [-0.39, 0.29) is 12.1 Å². The molecule has 2 aromatic heterocycles. The number of pyridine rings is 1. The number of nitrogens with zero attached hydrogens (tertiary/aromatic N) is 5. The standard InChI is InChI=1S/C23H16F7N5O2/c24-15-4-7-17(18(25)10-15)22(36,21(26)27)20(35-12-32-33-34-35)19-8-3-14(11-31-19)9-13-1-5-16(6-2-13)37-23(28,29)30/h1-8,10-12,20-21,36H,9H2. The highest BCUT2D eigenvalue weighted by atomic mass is 19.4. The molecular weight excluding hydrogens is 511 g/mol. The second kappa shape index (κ2) is 10.1. The van der Waals surface area contributed by atoms with Crippen molar-refractivity contribution in [2.24, 2.45) is 0 Å². The Balaban J connectivity index is 1.66. The maximum Gasteiger partial charge on any atom is 0.573 e. The quantitative estimate of drug-likeness (QED) is 0.338. The molecule has 0 amide bonds.